The zero-order valence-corrected chi connectivity index (χ0v) is 23.5. The third-order valence-electron chi connectivity index (χ3n) is 6.78. The second kappa shape index (κ2) is 13.3. The molecule has 1 aliphatic rings. The second-order valence-corrected chi connectivity index (χ2v) is 9.58. The van der Waals surface area contributed by atoms with Gasteiger partial charge < -0.3 is 18.9 Å². The molecule has 2 unspecified atom stereocenters. The molecule has 4 rings (SSSR count). The number of aliphatic imine (C=N–C) groups is 1. The van der Waals surface area contributed by atoms with E-state index in [1.54, 1.807) is 18.5 Å². The van der Waals surface area contributed by atoms with E-state index in [2.05, 4.69) is 4.99 Å². The maximum atomic E-state index is 13.6. The van der Waals surface area contributed by atoms with Crippen LogP contribution in [0.15, 0.2) is 77.1 Å². The van der Waals surface area contributed by atoms with Gasteiger partial charge in [0.05, 0.1) is 30.2 Å². The number of para-hydroxylation sites is 1. The van der Waals surface area contributed by atoms with Crippen LogP contribution in [0.25, 0.3) is 16.9 Å². The predicted molar refractivity (Wildman–Crippen MR) is 151 cm³/mol. The number of benzene rings is 2. The fraction of sp³-hybridized carbons (Fsp3) is 0.355. The van der Waals surface area contributed by atoms with Gasteiger partial charge in [-0.1, -0.05) is 48.0 Å². The van der Waals surface area contributed by atoms with Gasteiger partial charge in [-0.2, -0.15) is 5.10 Å². The normalized spacial score (nSPS) is 17.0. The lowest BCUT2D eigenvalue weighted by Crippen LogP contribution is -2.37. The number of carbonyl (C=O) groups excluding carboxylic acids is 2. The van der Waals surface area contributed by atoms with Crippen molar-refractivity contribution in [3.8, 4) is 16.9 Å². The van der Waals surface area contributed by atoms with Gasteiger partial charge in [0, 0.05) is 48.9 Å². The quantitative estimate of drug-likeness (QED) is 0.255. The molecule has 40 heavy (non-hydrogen) atoms. The minimum atomic E-state index is -0.872. The first-order valence-corrected chi connectivity index (χ1v) is 13.1. The summed E-state index contributed by atoms with van der Waals surface area (Å²) < 4.78 is 23.1. The lowest BCUT2D eigenvalue weighted by atomic mass is 9.75. The second-order valence-electron chi connectivity index (χ2n) is 9.58. The molecular weight excluding hydrogens is 510 g/mol. The van der Waals surface area contributed by atoms with Crippen molar-refractivity contribution in [3.63, 3.8) is 0 Å². The molecule has 0 aliphatic carbocycles. The molecule has 2 atom stereocenters. The van der Waals surface area contributed by atoms with Crippen LogP contribution in [0.5, 0.6) is 0 Å². The molecule has 2 heterocycles. The summed E-state index contributed by atoms with van der Waals surface area (Å²) >= 11 is 0. The monoisotopic (exact) mass is 545 g/mol. The molecule has 0 saturated heterocycles. The molecule has 0 spiro atoms. The highest BCUT2D eigenvalue weighted by Crippen LogP contribution is 2.43. The Hall–Kier alpha value is -4.08. The van der Waals surface area contributed by atoms with Crippen molar-refractivity contribution in [2.24, 2.45) is 10.9 Å². The zero-order valence-electron chi connectivity index (χ0n) is 23.5. The van der Waals surface area contributed by atoms with Gasteiger partial charge in [-0.3, -0.25) is 9.79 Å². The van der Waals surface area contributed by atoms with Crippen LogP contribution in [0.3, 0.4) is 0 Å². The molecule has 0 amide bonds. The zero-order chi connectivity index (χ0) is 28.6. The minimum Gasteiger partial charge on any atom is -0.463 e. The number of hydrogen-bond donors (Lipinski definition) is 0. The van der Waals surface area contributed by atoms with Crippen LogP contribution in [-0.2, 0) is 28.5 Å². The fourth-order valence-electron chi connectivity index (χ4n) is 4.82. The third kappa shape index (κ3) is 6.38. The number of esters is 2. The van der Waals surface area contributed by atoms with E-state index < -0.39 is 23.8 Å². The highest BCUT2D eigenvalue weighted by Gasteiger charge is 2.44. The van der Waals surface area contributed by atoms with Crippen molar-refractivity contribution in [2.45, 2.75) is 26.7 Å². The molecule has 9 nitrogen and oxygen atoms in total. The number of methoxy groups -OCH3 is 2. The van der Waals surface area contributed by atoms with Crippen molar-refractivity contribution in [1.82, 2.24) is 9.78 Å². The summed E-state index contributed by atoms with van der Waals surface area (Å²) in [4.78, 5) is 31.8. The minimum absolute atomic E-state index is 0.0680. The summed E-state index contributed by atoms with van der Waals surface area (Å²) in [7, 11) is 3.07. The van der Waals surface area contributed by atoms with Crippen LogP contribution in [-0.4, -0.2) is 68.1 Å². The molecule has 3 aromatic rings. The number of aryl methyl sites for hydroxylation is 1. The van der Waals surface area contributed by atoms with Crippen LogP contribution in [0.2, 0.25) is 0 Å². The topological polar surface area (TPSA) is 101 Å². The Labute approximate surface area is 234 Å². The number of aromatic nitrogens is 2. The van der Waals surface area contributed by atoms with Crippen molar-refractivity contribution in [2.75, 3.05) is 40.6 Å². The summed E-state index contributed by atoms with van der Waals surface area (Å²) in [6.07, 6.45) is 1.87. The van der Waals surface area contributed by atoms with Crippen molar-refractivity contribution < 1.29 is 28.5 Å². The molecule has 1 aliphatic heterocycles. The molecule has 0 radical (unpaired) electrons. The molecule has 0 saturated carbocycles. The molecule has 0 N–H and O–H groups in total. The number of rotatable bonds is 11. The van der Waals surface area contributed by atoms with E-state index in [0.29, 0.717) is 22.7 Å². The number of carbonyl (C=O) groups is 2. The third-order valence-corrected chi connectivity index (χ3v) is 6.78. The van der Waals surface area contributed by atoms with E-state index in [0.717, 1.165) is 16.8 Å². The Morgan fingerprint density at radius 2 is 1.50 bits per heavy atom. The van der Waals surface area contributed by atoms with Gasteiger partial charge in [-0.05, 0) is 32.9 Å². The molecule has 0 bridgehead atoms. The Morgan fingerprint density at radius 3 is 2.15 bits per heavy atom. The average molecular weight is 546 g/mol. The van der Waals surface area contributed by atoms with E-state index in [1.807, 2.05) is 67.7 Å². The molecule has 2 aromatic carbocycles. The molecule has 210 valence electrons. The van der Waals surface area contributed by atoms with Gasteiger partial charge in [-0.15, -0.1) is 0 Å². The van der Waals surface area contributed by atoms with Gasteiger partial charge in [0.2, 0.25) is 0 Å². The Kier molecular flexibility index (Phi) is 9.63. The summed E-state index contributed by atoms with van der Waals surface area (Å²) in [6, 6.07) is 17.7. The van der Waals surface area contributed by atoms with Gasteiger partial charge in [0.15, 0.2) is 0 Å². The van der Waals surface area contributed by atoms with Gasteiger partial charge in [0.25, 0.3) is 0 Å². The van der Waals surface area contributed by atoms with Crippen molar-refractivity contribution in [1.29, 1.82) is 0 Å². The van der Waals surface area contributed by atoms with Gasteiger partial charge in [0.1, 0.15) is 19.1 Å². The SMILES string of the molecule is COCCOC(=O)C1=C(C)N=C(C)C(C(=O)OCCOC)C1c1cn(-c2ccccc2)nc1-c1ccc(C)cc1. The Morgan fingerprint density at radius 1 is 0.850 bits per heavy atom. The van der Waals surface area contributed by atoms with Crippen molar-refractivity contribution in [3.05, 3.63) is 83.2 Å². The number of ether oxygens (including phenoxy) is 4. The van der Waals surface area contributed by atoms with E-state index >= 15 is 0 Å². The van der Waals surface area contributed by atoms with Crippen LogP contribution in [0.4, 0.5) is 0 Å². The summed E-state index contributed by atoms with van der Waals surface area (Å²) in [6.45, 7) is 6.19. The standard InChI is InChI=1S/C31H35N3O6/c1-20-11-13-23(14-12-20)29-25(19-34(33-29)24-9-7-6-8-10-24)28-26(30(35)39-17-15-37-4)21(2)32-22(3)27(28)31(36)40-18-16-38-5/h6-14,19,26,28H,15-18H2,1-5H3. The lowest BCUT2D eigenvalue weighted by Gasteiger charge is -2.31. The van der Waals surface area contributed by atoms with Crippen molar-refractivity contribution >= 4 is 17.7 Å². The molecule has 0 fully saturated rings. The highest BCUT2D eigenvalue weighted by atomic mass is 16.6. The Balaban J connectivity index is 1.91. The summed E-state index contributed by atoms with van der Waals surface area (Å²) in [5.41, 5.74) is 5.44. The molecule has 1 aromatic heterocycles. The van der Waals surface area contributed by atoms with E-state index in [4.69, 9.17) is 24.0 Å². The first-order chi connectivity index (χ1) is 19.3. The summed E-state index contributed by atoms with van der Waals surface area (Å²) in [5, 5.41) is 4.95. The first kappa shape index (κ1) is 28.9. The van der Waals surface area contributed by atoms with E-state index in [1.165, 1.54) is 14.2 Å². The van der Waals surface area contributed by atoms with Crippen LogP contribution >= 0.6 is 0 Å². The first-order valence-electron chi connectivity index (χ1n) is 13.1. The maximum Gasteiger partial charge on any atom is 0.336 e. The smallest absolute Gasteiger partial charge is 0.336 e. The molecular formula is C31H35N3O6. The molecule has 9 heteroatoms. The fourth-order valence-corrected chi connectivity index (χ4v) is 4.82. The van der Waals surface area contributed by atoms with Crippen LogP contribution in [0.1, 0.15) is 30.9 Å². The van der Waals surface area contributed by atoms with E-state index in [-0.39, 0.29) is 32.0 Å². The van der Waals surface area contributed by atoms with Gasteiger partial charge in [-0.25, -0.2) is 9.48 Å². The summed E-state index contributed by atoms with van der Waals surface area (Å²) in [5.74, 6) is -2.69. The number of hydrogen-bond acceptors (Lipinski definition) is 8. The van der Waals surface area contributed by atoms with E-state index in [9.17, 15) is 9.59 Å². The lowest BCUT2D eigenvalue weighted by molar-refractivity contribution is -0.148. The number of allylic oxidation sites excluding steroid dienone is 1. The highest BCUT2D eigenvalue weighted by molar-refractivity contribution is 6.07. The largest absolute Gasteiger partial charge is 0.463 e. The van der Waals surface area contributed by atoms with Crippen LogP contribution < -0.4 is 0 Å². The maximum absolute atomic E-state index is 13.6. The Bertz CT molecular complexity index is 1390. The van der Waals surface area contributed by atoms with Gasteiger partial charge >= 0.3 is 11.9 Å². The van der Waals surface area contributed by atoms with Crippen LogP contribution in [0, 0.1) is 12.8 Å². The predicted octanol–water partition coefficient (Wildman–Crippen LogP) is 4.68. The number of nitrogens with zero attached hydrogens (tertiary/aromatic N) is 3. The average Bonchev–Trinajstić information content (AvgIpc) is 3.39.